The maximum Gasteiger partial charge on any atom is 0.347 e. The summed E-state index contributed by atoms with van der Waals surface area (Å²) in [5.74, 6) is 1.01. The molecule has 3 aromatic rings. The molecule has 0 fully saturated rings. The van der Waals surface area contributed by atoms with E-state index in [0.29, 0.717) is 36.0 Å². The Balaban J connectivity index is 1.71. The summed E-state index contributed by atoms with van der Waals surface area (Å²) in [6.45, 7) is 3.94. The average Bonchev–Trinajstić information content (AvgIpc) is 3.33. The van der Waals surface area contributed by atoms with E-state index in [1.54, 1.807) is 49.8 Å². The molecule has 9 heteroatoms. The zero-order valence-corrected chi connectivity index (χ0v) is 20.2. The predicted octanol–water partition coefficient (Wildman–Crippen LogP) is 4.18. The Labute approximate surface area is 204 Å². The van der Waals surface area contributed by atoms with E-state index in [-0.39, 0.29) is 12.5 Å². The van der Waals surface area contributed by atoms with Crippen LogP contribution in [0, 0.1) is 0 Å². The summed E-state index contributed by atoms with van der Waals surface area (Å²) in [6.07, 6.45) is 1.59. The number of hydrogen-bond donors (Lipinski definition) is 2. The van der Waals surface area contributed by atoms with E-state index < -0.39 is 11.6 Å². The van der Waals surface area contributed by atoms with E-state index in [1.165, 1.54) is 21.0 Å². The van der Waals surface area contributed by atoms with E-state index >= 15 is 0 Å². The number of nitrogens with zero attached hydrogens (tertiary/aromatic N) is 1. The Morgan fingerprint density at radius 2 is 1.71 bits per heavy atom. The highest BCUT2D eigenvalue weighted by Gasteiger charge is 2.29. The number of anilines is 1. The summed E-state index contributed by atoms with van der Waals surface area (Å²) >= 11 is 0. The third kappa shape index (κ3) is 7.25. The second kappa shape index (κ2) is 11.4. The topological polar surface area (TPSA) is 110 Å². The number of amides is 1. The zero-order valence-electron chi connectivity index (χ0n) is 20.2. The molecule has 0 spiro atoms. The minimum Gasteiger partial charge on any atom is -0.497 e. The number of rotatable bonds is 12. The van der Waals surface area contributed by atoms with Gasteiger partial charge in [-0.2, -0.15) is 0 Å². The van der Waals surface area contributed by atoms with Crippen molar-refractivity contribution in [2.24, 2.45) is 0 Å². The Kier molecular flexibility index (Phi) is 8.38. The van der Waals surface area contributed by atoms with Crippen molar-refractivity contribution in [2.45, 2.75) is 32.5 Å². The maximum atomic E-state index is 12.9. The normalized spacial score (nSPS) is 11.2. The molecule has 1 aromatic heterocycles. The van der Waals surface area contributed by atoms with Crippen LogP contribution in [0.25, 0.3) is 0 Å². The maximum absolute atomic E-state index is 12.9. The van der Waals surface area contributed by atoms with E-state index in [1.807, 2.05) is 23.1 Å². The molecule has 35 heavy (non-hydrogen) atoms. The molecule has 0 aliphatic carbocycles. The number of benzene rings is 2. The van der Waals surface area contributed by atoms with Crippen molar-refractivity contribution in [3.05, 3.63) is 72.2 Å². The first kappa shape index (κ1) is 25.6. The first-order valence-corrected chi connectivity index (χ1v) is 11.0. The highest BCUT2D eigenvalue weighted by molar-refractivity contribution is 5.94. The molecule has 2 N–H and O–H groups in total. The average molecular weight is 483 g/mol. The summed E-state index contributed by atoms with van der Waals surface area (Å²) < 4.78 is 21.6. The van der Waals surface area contributed by atoms with Crippen molar-refractivity contribution in [1.29, 1.82) is 0 Å². The van der Waals surface area contributed by atoms with Crippen molar-refractivity contribution >= 4 is 17.6 Å². The minimum absolute atomic E-state index is 0.0887. The largest absolute Gasteiger partial charge is 0.497 e. The van der Waals surface area contributed by atoms with Crippen LogP contribution in [0.5, 0.6) is 17.2 Å². The van der Waals surface area contributed by atoms with Crippen molar-refractivity contribution in [3.63, 3.8) is 0 Å². The number of carboxylic acids is 1. The van der Waals surface area contributed by atoms with Gasteiger partial charge in [0, 0.05) is 12.6 Å². The van der Waals surface area contributed by atoms with E-state index in [2.05, 4.69) is 5.32 Å². The lowest BCUT2D eigenvalue weighted by molar-refractivity contribution is -0.152. The minimum atomic E-state index is -1.34. The van der Waals surface area contributed by atoms with E-state index in [4.69, 9.17) is 18.6 Å². The van der Waals surface area contributed by atoms with Crippen molar-refractivity contribution < 1.29 is 33.3 Å². The van der Waals surface area contributed by atoms with Crippen LogP contribution >= 0.6 is 0 Å². The molecule has 1 heterocycles. The van der Waals surface area contributed by atoms with Gasteiger partial charge in [0.15, 0.2) is 5.60 Å². The molecule has 2 aromatic carbocycles. The van der Waals surface area contributed by atoms with Gasteiger partial charge in [0.25, 0.3) is 0 Å². The smallest absolute Gasteiger partial charge is 0.347 e. The molecule has 9 nitrogen and oxygen atoms in total. The number of methoxy groups -OCH3 is 2. The Morgan fingerprint density at radius 3 is 2.31 bits per heavy atom. The van der Waals surface area contributed by atoms with Gasteiger partial charge in [-0.3, -0.25) is 9.69 Å². The fourth-order valence-corrected chi connectivity index (χ4v) is 3.35. The molecule has 0 atom stereocenters. The van der Waals surface area contributed by atoms with Crippen LogP contribution in [-0.4, -0.2) is 48.2 Å². The van der Waals surface area contributed by atoms with Crippen LogP contribution in [0.2, 0.25) is 0 Å². The number of furan rings is 1. The number of carbonyl (C=O) groups excluding carboxylic acids is 1. The predicted molar refractivity (Wildman–Crippen MR) is 130 cm³/mol. The lowest BCUT2D eigenvalue weighted by Crippen LogP contribution is -2.37. The van der Waals surface area contributed by atoms with Gasteiger partial charge in [-0.05, 0) is 55.8 Å². The molecule has 0 saturated heterocycles. The molecule has 0 aliphatic heterocycles. The lowest BCUT2D eigenvalue weighted by Gasteiger charge is -2.23. The van der Waals surface area contributed by atoms with Crippen LogP contribution in [-0.2, 0) is 22.7 Å². The Morgan fingerprint density at radius 1 is 1.00 bits per heavy atom. The number of aliphatic carboxylic acids is 1. The van der Waals surface area contributed by atoms with Gasteiger partial charge in [0.1, 0.15) is 23.0 Å². The molecule has 0 unspecified atom stereocenters. The summed E-state index contributed by atoms with van der Waals surface area (Å²) in [5, 5.41) is 12.1. The summed E-state index contributed by atoms with van der Waals surface area (Å²) in [4.78, 5) is 26.2. The Hall–Kier alpha value is -3.98. The lowest BCUT2D eigenvalue weighted by atomic mass is 10.1. The molecular formula is C26H30N2O7. The van der Waals surface area contributed by atoms with Crippen molar-refractivity contribution in [2.75, 3.05) is 26.1 Å². The fraction of sp³-hybridized carbons (Fsp3) is 0.308. The second-order valence-corrected chi connectivity index (χ2v) is 8.40. The van der Waals surface area contributed by atoms with Gasteiger partial charge in [0.05, 0.1) is 39.3 Å². The fourth-order valence-electron chi connectivity index (χ4n) is 3.35. The quantitative estimate of drug-likeness (QED) is 0.396. The Bertz CT molecular complexity index is 1130. The standard InChI is InChI=1S/C26H30N2O7/c1-26(2,25(30)31)35-19-9-7-18(8-10-19)15-28(16-21-6-5-13-34-21)17-24(29)27-22-14-20(32-3)11-12-23(22)33-4/h5-14H,15-17H2,1-4H3,(H,27,29)(H,30,31). The molecular weight excluding hydrogens is 452 g/mol. The molecule has 3 rings (SSSR count). The van der Waals surface area contributed by atoms with Crippen molar-refractivity contribution in [1.82, 2.24) is 4.90 Å². The number of carboxylic acid groups (broad SMARTS) is 1. The first-order chi connectivity index (χ1) is 16.7. The summed E-state index contributed by atoms with van der Waals surface area (Å²) in [5.41, 5.74) is 0.0904. The molecule has 0 aliphatic rings. The van der Waals surface area contributed by atoms with Crippen LogP contribution < -0.4 is 19.5 Å². The highest BCUT2D eigenvalue weighted by atomic mass is 16.5. The molecule has 1 amide bonds. The number of nitrogens with one attached hydrogen (secondary N) is 1. The second-order valence-electron chi connectivity index (χ2n) is 8.40. The molecule has 0 radical (unpaired) electrons. The number of ether oxygens (including phenoxy) is 3. The van der Waals surface area contributed by atoms with Gasteiger partial charge in [-0.25, -0.2) is 4.79 Å². The summed E-state index contributed by atoms with van der Waals surface area (Å²) in [6, 6.07) is 15.9. The third-order valence-corrected chi connectivity index (χ3v) is 5.23. The van der Waals surface area contributed by atoms with Crippen LogP contribution in [0.15, 0.2) is 65.3 Å². The highest BCUT2D eigenvalue weighted by Crippen LogP contribution is 2.29. The van der Waals surface area contributed by atoms with Crippen molar-refractivity contribution in [3.8, 4) is 17.2 Å². The van der Waals surface area contributed by atoms with Gasteiger partial charge < -0.3 is 29.1 Å². The zero-order chi connectivity index (χ0) is 25.4. The van der Waals surface area contributed by atoms with E-state index in [9.17, 15) is 14.7 Å². The van der Waals surface area contributed by atoms with Gasteiger partial charge in [0.2, 0.25) is 5.91 Å². The monoisotopic (exact) mass is 482 g/mol. The molecule has 0 saturated carbocycles. The number of carbonyl (C=O) groups is 2. The van der Waals surface area contributed by atoms with E-state index in [0.717, 1.165) is 11.3 Å². The SMILES string of the molecule is COc1ccc(OC)c(NC(=O)CN(Cc2ccc(OC(C)(C)C(=O)O)cc2)Cc2ccco2)c1. The van der Waals surface area contributed by atoms with Crippen LogP contribution in [0.1, 0.15) is 25.2 Å². The summed E-state index contributed by atoms with van der Waals surface area (Å²) in [7, 11) is 3.09. The van der Waals surface area contributed by atoms with Gasteiger partial charge >= 0.3 is 5.97 Å². The van der Waals surface area contributed by atoms with Gasteiger partial charge in [-0.15, -0.1) is 0 Å². The van der Waals surface area contributed by atoms with Crippen LogP contribution in [0.4, 0.5) is 5.69 Å². The molecule has 0 bridgehead atoms. The third-order valence-electron chi connectivity index (χ3n) is 5.23. The molecule has 186 valence electrons. The van der Waals surface area contributed by atoms with Gasteiger partial charge in [-0.1, -0.05) is 12.1 Å². The van der Waals surface area contributed by atoms with Crippen LogP contribution in [0.3, 0.4) is 0 Å². The first-order valence-electron chi connectivity index (χ1n) is 11.0. The number of hydrogen-bond acceptors (Lipinski definition) is 7.